The zero-order chi connectivity index (χ0) is 13.0. The van der Waals surface area contributed by atoms with Gasteiger partial charge in [0.1, 0.15) is 0 Å². The molecule has 0 aromatic heterocycles. The Labute approximate surface area is 110 Å². The molecule has 96 valence electrons. The molecule has 1 aromatic rings. The molecule has 1 aromatic carbocycles. The molecule has 0 saturated carbocycles. The van der Waals surface area contributed by atoms with E-state index in [1.807, 2.05) is 11.8 Å². The summed E-state index contributed by atoms with van der Waals surface area (Å²) in [5.74, 6) is 0.939. The summed E-state index contributed by atoms with van der Waals surface area (Å²) in [4.78, 5) is 22.8. The standard InChI is InChI=1S/C13H15NO3S/c15-12(14-10-5-6-18-8-10)7-9-3-1-2-4-11(9)13(16)17/h1-4,10H,5-8H2,(H,14,15)(H,16,17). The lowest BCUT2D eigenvalue weighted by Crippen LogP contribution is -2.35. The van der Waals surface area contributed by atoms with Crippen molar-refractivity contribution in [3.8, 4) is 0 Å². The van der Waals surface area contributed by atoms with Crippen molar-refractivity contribution in [3.63, 3.8) is 0 Å². The Morgan fingerprint density at radius 1 is 1.39 bits per heavy atom. The van der Waals surface area contributed by atoms with E-state index in [0.29, 0.717) is 5.56 Å². The highest BCUT2D eigenvalue weighted by molar-refractivity contribution is 7.99. The molecule has 2 rings (SSSR count). The van der Waals surface area contributed by atoms with Crippen molar-refractivity contribution < 1.29 is 14.7 Å². The third-order valence-corrected chi connectivity index (χ3v) is 4.06. The van der Waals surface area contributed by atoms with Crippen LogP contribution in [0.3, 0.4) is 0 Å². The number of carboxylic acid groups (broad SMARTS) is 1. The Kier molecular flexibility index (Phi) is 4.25. The summed E-state index contributed by atoms with van der Waals surface area (Å²) in [6.07, 6.45) is 1.13. The summed E-state index contributed by atoms with van der Waals surface area (Å²) in [5, 5.41) is 12.0. The number of hydrogen-bond donors (Lipinski definition) is 2. The molecule has 1 amide bonds. The molecule has 0 spiro atoms. The summed E-state index contributed by atoms with van der Waals surface area (Å²) in [6.45, 7) is 0. The molecule has 4 nitrogen and oxygen atoms in total. The lowest BCUT2D eigenvalue weighted by molar-refractivity contribution is -0.121. The molecular weight excluding hydrogens is 250 g/mol. The van der Waals surface area contributed by atoms with Gasteiger partial charge in [0.25, 0.3) is 0 Å². The Morgan fingerprint density at radius 3 is 2.83 bits per heavy atom. The molecule has 1 aliphatic rings. The van der Waals surface area contributed by atoms with Crippen LogP contribution in [0.1, 0.15) is 22.3 Å². The van der Waals surface area contributed by atoms with E-state index in [1.54, 1.807) is 18.2 Å². The van der Waals surface area contributed by atoms with Gasteiger partial charge in [0.2, 0.25) is 5.91 Å². The van der Waals surface area contributed by atoms with Crippen molar-refractivity contribution in [2.75, 3.05) is 11.5 Å². The fourth-order valence-electron chi connectivity index (χ4n) is 1.98. The molecule has 0 radical (unpaired) electrons. The Balaban J connectivity index is 2.00. The van der Waals surface area contributed by atoms with Crippen molar-refractivity contribution in [2.45, 2.75) is 18.9 Å². The first-order valence-corrected chi connectivity index (χ1v) is 7.00. The summed E-state index contributed by atoms with van der Waals surface area (Å²) >= 11 is 1.83. The third kappa shape index (κ3) is 3.26. The SMILES string of the molecule is O=C(Cc1ccccc1C(=O)O)NC1CCSC1. The van der Waals surface area contributed by atoms with Crippen LogP contribution >= 0.6 is 11.8 Å². The highest BCUT2D eigenvalue weighted by atomic mass is 32.2. The minimum Gasteiger partial charge on any atom is -0.478 e. The van der Waals surface area contributed by atoms with Gasteiger partial charge in [-0.2, -0.15) is 11.8 Å². The maximum Gasteiger partial charge on any atom is 0.335 e. The van der Waals surface area contributed by atoms with Crippen LogP contribution in [0.4, 0.5) is 0 Å². The fraction of sp³-hybridized carbons (Fsp3) is 0.385. The number of hydrogen-bond acceptors (Lipinski definition) is 3. The largest absolute Gasteiger partial charge is 0.478 e. The number of carbonyl (C=O) groups is 2. The van der Waals surface area contributed by atoms with Crippen LogP contribution in [0, 0.1) is 0 Å². The van der Waals surface area contributed by atoms with Crippen LogP contribution in [0.5, 0.6) is 0 Å². The summed E-state index contributed by atoms with van der Waals surface area (Å²) in [6, 6.07) is 6.86. The summed E-state index contributed by atoms with van der Waals surface area (Å²) < 4.78 is 0. The van der Waals surface area contributed by atoms with Gasteiger partial charge in [-0.1, -0.05) is 18.2 Å². The first-order chi connectivity index (χ1) is 8.66. The van der Waals surface area contributed by atoms with Gasteiger partial charge in [-0.25, -0.2) is 4.79 Å². The monoisotopic (exact) mass is 265 g/mol. The zero-order valence-electron chi connectivity index (χ0n) is 9.89. The predicted octanol–water partition coefficient (Wildman–Crippen LogP) is 1.55. The van der Waals surface area contributed by atoms with Crippen LogP contribution in [0.25, 0.3) is 0 Å². The average Bonchev–Trinajstić information content (AvgIpc) is 2.82. The van der Waals surface area contributed by atoms with Gasteiger partial charge >= 0.3 is 5.97 Å². The van der Waals surface area contributed by atoms with Gasteiger partial charge in [-0.15, -0.1) is 0 Å². The van der Waals surface area contributed by atoms with Gasteiger partial charge in [0.05, 0.1) is 12.0 Å². The smallest absolute Gasteiger partial charge is 0.335 e. The van der Waals surface area contributed by atoms with Gasteiger partial charge < -0.3 is 10.4 Å². The number of carbonyl (C=O) groups excluding carboxylic acids is 1. The molecule has 1 saturated heterocycles. The minimum absolute atomic E-state index is 0.101. The number of thioether (sulfide) groups is 1. The lowest BCUT2D eigenvalue weighted by atomic mass is 10.0. The molecule has 1 aliphatic heterocycles. The number of aromatic carboxylic acids is 1. The first-order valence-electron chi connectivity index (χ1n) is 5.85. The molecule has 1 heterocycles. The van der Waals surface area contributed by atoms with Crippen LogP contribution in [0.2, 0.25) is 0 Å². The molecular formula is C13H15NO3S. The van der Waals surface area contributed by atoms with E-state index in [1.165, 1.54) is 6.07 Å². The Morgan fingerprint density at radius 2 is 2.17 bits per heavy atom. The van der Waals surface area contributed by atoms with Crippen molar-refractivity contribution in [3.05, 3.63) is 35.4 Å². The second-order valence-corrected chi connectivity index (χ2v) is 5.42. The Hall–Kier alpha value is -1.49. The highest BCUT2D eigenvalue weighted by Gasteiger charge is 2.19. The predicted molar refractivity (Wildman–Crippen MR) is 71.0 cm³/mol. The van der Waals surface area contributed by atoms with E-state index >= 15 is 0 Å². The van der Waals surface area contributed by atoms with Crippen LogP contribution in [-0.2, 0) is 11.2 Å². The average molecular weight is 265 g/mol. The third-order valence-electron chi connectivity index (χ3n) is 2.89. The maximum absolute atomic E-state index is 11.8. The molecule has 0 bridgehead atoms. The quantitative estimate of drug-likeness (QED) is 0.867. The second-order valence-electron chi connectivity index (χ2n) is 4.27. The van der Waals surface area contributed by atoms with Crippen molar-refractivity contribution in [1.82, 2.24) is 5.32 Å². The summed E-state index contributed by atoms with van der Waals surface area (Å²) in [5.41, 5.74) is 0.765. The Bertz CT molecular complexity index is 455. The fourth-order valence-corrected chi connectivity index (χ4v) is 3.14. The normalized spacial score (nSPS) is 18.6. The van der Waals surface area contributed by atoms with Crippen LogP contribution < -0.4 is 5.32 Å². The minimum atomic E-state index is -0.991. The van der Waals surface area contributed by atoms with E-state index < -0.39 is 5.97 Å². The molecule has 1 atom stereocenters. The maximum atomic E-state index is 11.8. The molecule has 1 fully saturated rings. The highest BCUT2D eigenvalue weighted by Crippen LogP contribution is 2.17. The number of amides is 1. The number of rotatable bonds is 4. The number of carboxylic acids is 1. The van der Waals surface area contributed by atoms with Crippen LogP contribution in [0.15, 0.2) is 24.3 Å². The van der Waals surface area contributed by atoms with Gasteiger partial charge in [-0.05, 0) is 23.8 Å². The second kappa shape index (κ2) is 5.91. The van der Waals surface area contributed by atoms with Crippen molar-refractivity contribution in [2.24, 2.45) is 0 Å². The van der Waals surface area contributed by atoms with E-state index in [4.69, 9.17) is 5.11 Å². The van der Waals surface area contributed by atoms with E-state index in [-0.39, 0.29) is 23.9 Å². The van der Waals surface area contributed by atoms with E-state index in [9.17, 15) is 9.59 Å². The van der Waals surface area contributed by atoms with Gasteiger partial charge in [-0.3, -0.25) is 4.79 Å². The molecule has 5 heteroatoms. The first kappa shape index (κ1) is 13.0. The van der Waals surface area contributed by atoms with Crippen LogP contribution in [-0.4, -0.2) is 34.5 Å². The zero-order valence-corrected chi connectivity index (χ0v) is 10.7. The molecule has 2 N–H and O–H groups in total. The number of nitrogens with one attached hydrogen (secondary N) is 1. The topological polar surface area (TPSA) is 66.4 Å². The lowest BCUT2D eigenvalue weighted by Gasteiger charge is -2.12. The van der Waals surface area contributed by atoms with Gasteiger partial charge in [0.15, 0.2) is 0 Å². The summed E-state index contributed by atoms with van der Waals surface area (Å²) in [7, 11) is 0. The van der Waals surface area contributed by atoms with E-state index in [2.05, 4.69) is 5.32 Å². The van der Waals surface area contributed by atoms with Crippen molar-refractivity contribution >= 4 is 23.6 Å². The molecule has 0 aliphatic carbocycles. The van der Waals surface area contributed by atoms with E-state index in [0.717, 1.165) is 17.9 Å². The molecule has 18 heavy (non-hydrogen) atoms. The number of benzene rings is 1. The van der Waals surface area contributed by atoms with Crippen molar-refractivity contribution in [1.29, 1.82) is 0 Å². The molecule has 1 unspecified atom stereocenters. The van der Waals surface area contributed by atoms with Gasteiger partial charge in [0, 0.05) is 11.8 Å².